The highest BCUT2D eigenvalue weighted by molar-refractivity contribution is 5.77. The van der Waals surface area contributed by atoms with Gasteiger partial charge in [-0.2, -0.15) is 10.2 Å². The maximum atomic E-state index is 4.17. The van der Waals surface area contributed by atoms with Crippen LogP contribution in [0.5, 0.6) is 0 Å². The van der Waals surface area contributed by atoms with E-state index in [0.717, 1.165) is 23.1 Å². The predicted molar refractivity (Wildman–Crippen MR) is 61.5 cm³/mol. The van der Waals surface area contributed by atoms with Crippen molar-refractivity contribution in [3.63, 3.8) is 0 Å². The lowest BCUT2D eigenvalue weighted by Crippen LogP contribution is -2.22. The van der Waals surface area contributed by atoms with Gasteiger partial charge in [0.25, 0.3) is 0 Å². The first-order valence-electron chi connectivity index (χ1n) is 5.20. The smallest absolute Gasteiger partial charge is 0.0929 e. The molecule has 0 unspecified atom stereocenters. The Labute approximate surface area is 89.5 Å². The van der Waals surface area contributed by atoms with Crippen molar-refractivity contribution in [2.24, 2.45) is 0 Å². The molecule has 0 bridgehead atoms. The molecule has 15 heavy (non-hydrogen) atoms. The maximum absolute atomic E-state index is 4.17. The molecular formula is C12H15N3. The van der Waals surface area contributed by atoms with Crippen molar-refractivity contribution in [2.75, 3.05) is 0 Å². The van der Waals surface area contributed by atoms with Gasteiger partial charge in [0.2, 0.25) is 0 Å². The molecule has 1 N–H and O–H groups in total. The van der Waals surface area contributed by atoms with E-state index in [1.807, 2.05) is 18.2 Å². The van der Waals surface area contributed by atoms with Gasteiger partial charge in [0.05, 0.1) is 11.2 Å². The Morgan fingerprint density at radius 3 is 2.80 bits per heavy atom. The number of hydrogen-bond acceptors (Lipinski definition) is 3. The SMILES string of the molecule is CC(C)NCc1cc2ccccc2nn1. The summed E-state index contributed by atoms with van der Waals surface area (Å²) in [6.45, 7) is 5.01. The molecule has 1 heterocycles. The fourth-order valence-electron chi connectivity index (χ4n) is 1.42. The highest BCUT2D eigenvalue weighted by Gasteiger charge is 1.99. The molecule has 0 amide bonds. The van der Waals surface area contributed by atoms with Crippen LogP contribution in [0.1, 0.15) is 19.5 Å². The molecular weight excluding hydrogens is 186 g/mol. The summed E-state index contributed by atoms with van der Waals surface area (Å²) in [7, 11) is 0. The quantitative estimate of drug-likeness (QED) is 0.826. The standard InChI is InChI=1S/C12H15N3/c1-9(2)13-8-11-7-10-5-3-4-6-12(10)15-14-11/h3-7,9,13H,8H2,1-2H3. The first-order valence-corrected chi connectivity index (χ1v) is 5.20. The van der Waals surface area contributed by atoms with Crippen molar-refractivity contribution in [1.82, 2.24) is 15.5 Å². The van der Waals surface area contributed by atoms with Gasteiger partial charge in [-0.05, 0) is 12.1 Å². The minimum atomic E-state index is 0.471. The highest BCUT2D eigenvalue weighted by atomic mass is 15.1. The van der Waals surface area contributed by atoms with Crippen molar-refractivity contribution in [2.45, 2.75) is 26.4 Å². The molecule has 0 radical (unpaired) electrons. The first-order chi connectivity index (χ1) is 7.25. The zero-order valence-corrected chi connectivity index (χ0v) is 9.07. The van der Waals surface area contributed by atoms with E-state index >= 15 is 0 Å². The van der Waals surface area contributed by atoms with Crippen LogP contribution in [-0.2, 0) is 6.54 Å². The second kappa shape index (κ2) is 4.36. The Morgan fingerprint density at radius 1 is 1.20 bits per heavy atom. The van der Waals surface area contributed by atoms with Crippen LogP contribution < -0.4 is 5.32 Å². The lowest BCUT2D eigenvalue weighted by atomic mass is 10.2. The third-order valence-corrected chi connectivity index (χ3v) is 2.24. The van der Waals surface area contributed by atoms with E-state index in [9.17, 15) is 0 Å². The number of benzene rings is 1. The Bertz CT molecular complexity index is 451. The van der Waals surface area contributed by atoms with Gasteiger partial charge >= 0.3 is 0 Å². The molecule has 0 saturated heterocycles. The fraction of sp³-hybridized carbons (Fsp3) is 0.333. The maximum Gasteiger partial charge on any atom is 0.0929 e. The number of fused-ring (bicyclic) bond motifs is 1. The van der Waals surface area contributed by atoms with Crippen LogP contribution in [0.2, 0.25) is 0 Å². The largest absolute Gasteiger partial charge is 0.309 e. The summed E-state index contributed by atoms with van der Waals surface area (Å²) < 4.78 is 0. The van der Waals surface area contributed by atoms with E-state index in [4.69, 9.17) is 0 Å². The molecule has 0 aliphatic heterocycles. The van der Waals surface area contributed by atoms with E-state index in [1.54, 1.807) is 0 Å². The molecule has 2 aromatic rings. The molecule has 1 aromatic heterocycles. The van der Waals surface area contributed by atoms with Gasteiger partial charge in [-0.1, -0.05) is 32.0 Å². The predicted octanol–water partition coefficient (Wildman–Crippen LogP) is 2.13. The number of aromatic nitrogens is 2. The lowest BCUT2D eigenvalue weighted by molar-refractivity contribution is 0.578. The van der Waals surface area contributed by atoms with Crippen molar-refractivity contribution >= 4 is 10.9 Å². The summed E-state index contributed by atoms with van der Waals surface area (Å²) in [4.78, 5) is 0. The van der Waals surface area contributed by atoms with Crippen molar-refractivity contribution in [3.05, 3.63) is 36.0 Å². The third kappa shape index (κ3) is 2.50. The molecule has 0 fully saturated rings. The third-order valence-electron chi connectivity index (χ3n) is 2.24. The molecule has 0 aliphatic carbocycles. The topological polar surface area (TPSA) is 37.8 Å². The Morgan fingerprint density at radius 2 is 2.00 bits per heavy atom. The van der Waals surface area contributed by atoms with Crippen LogP contribution in [0, 0.1) is 0 Å². The number of nitrogens with zero attached hydrogens (tertiary/aromatic N) is 2. The molecule has 0 aliphatic rings. The van der Waals surface area contributed by atoms with E-state index in [0.29, 0.717) is 6.04 Å². The zero-order chi connectivity index (χ0) is 10.7. The highest BCUT2D eigenvalue weighted by Crippen LogP contribution is 2.10. The fourth-order valence-corrected chi connectivity index (χ4v) is 1.42. The van der Waals surface area contributed by atoms with E-state index < -0.39 is 0 Å². The second-order valence-electron chi connectivity index (χ2n) is 3.93. The van der Waals surface area contributed by atoms with Crippen molar-refractivity contribution in [1.29, 1.82) is 0 Å². The van der Waals surface area contributed by atoms with Crippen LogP contribution in [0.15, 0.2) is 30.3 Å². The van der Waals surface area contributed by atoms with Crippen molar-refractivity contribution < 1.29 is 0 Å². The molecule has 0 saturated carbocycles. The van der Waals surface area contributed by atoms with Crippen LogP contribution in [0.25, 0.3) is 10.9 Å². The molecule has 0 atom stereocenters. The van der Waals surface area contributed by atoms with E-state index in [2.05, 4.69) is 41.5 Å². The zero-order valence-electron chi connectivity index (χ0n) is 9.07. The Hall–Kier alpha value is -1.48. The molecule has 1 aromatic carbocycles. The lowest BCUT2D eigenvalue weighted by Gasteiger charge is -2.07. The number of hydrogen-bond donors (Lipinski definition) is 1. The Kier molecular flexibility index (Phi) is 2.92. The van der Waals surface area contributed by atoms with Gasteiger partial charge in [0.1, 0.15) is 0 Å². The van der Waals surface area contributed by atoms with Crippen LogP contribution in [0.4, 0.5) is 0 Å². The molecule has 2 rings (SSSR count). The minimum absolute atomic E-state index is 0.471. The molecule has 0 spiro atoms. The Balaban J connectivity index is 2.23. The number of nitrogens with one attached hydrogen (secondary N) is 1. The molecule has 3 nitrogen and oxygen atoms in total. The summed E-state index contributed by atoms with van der Waals surface area (Å²) in [5.74, 6) is 0. The molecule has 3 heteroatoms. The van der Waals surface area contributed by atoms with Gasteiger partial charge in [-0.25, -0.2) is 0 Å². The normalized spacial score (nSPS) is 11.1. The summed E-state index contributed by atoms with van der Waals surface area (Å²) in [5.41, 5.74) is 1.94. The second-order valence-corrected chi connectivity index (χ2v) is 3.93. The van der Waals surface area contributed by atoms with Gasteiger partial charge in [-0.3, -0.25) is 0 Å². The summed E-state index contributed by atoms with van der Waals surface area (Å²) in [5, 5.41) is 12.8. The van der Waals surface area contributed by atoms with Crippen LogP contribution in [-0.4, -0.2) is 16.2 Å². The summed E-state index contributed by atoms with van der Waals surface area (Å²) in [6.07, 6.45) is 0. The monoisotopic (exact) mass is 201 g/mol. The van der Waals surface area contributed by atoms with Crippen molar-refractivity contribution in [3.8, 4) is 0 Å². The van der Waals surface area contributed by atoms with E-state index in [1.165, 1.54) is 0 Å². The average Bonchev–Trinajstić information content (AvgIpc) is 2.26. The van der Waals surface area contributed by atoms with Gasteiger partial charge in [-0.15, -0.1) is 0 Å². The summed E-state index contributed by atoms with van der Waals surface area (Å²) >= 11 is 0. The molecule has 78 valence electrons. The van der Waals surface area contributed by atoms with Gasteiger partial charge < -0.3 is 5.32 Å². The van der Waals surface area contributed by atoms with Crippen LogP contribution in [0.3, 0.4) is 0 Å². The van der Waals surface area contributed by atoms with Crippen LogP contribution >= 0.6 is 0 Å². The van der Waals surface area contributed by atoms with Gasteiger partial charge in [0, 0.05) is 18.0 Å². The summed E-state index contributed by atoms with van der Waals surface area (Å²) in [6, 6.07) is 10.6. The first kappa shape index (κ1) is 10.1. The van der Waals surface area contributed by atoms with E-state index in [-0.39, 0.29) is 0 Å². The van der Waals surface area contributed by atoms with Gasteiger partial charge in [0.15, 0.2) is 0 Å². The number of rotatable bonds is 3. The average molecular weight is 201 g/mol. The minimum Gasteiger partial charge on any atom is -0.309 e.